The topological polar surface area (TPSA) is 104 Å². The molecule has 1 aliphatic heterocycles. The van der Waals surface area contributed by atoms with Crippen molar-refractivity contribution in [3.05, 3.63) is 43.0 Å². The summed E-state index contributed by atoms with van der Waals surface area (Å²) in [6.07, 6.45) is 5.49. The average molecular weight is 388 g/mol. The number of aromatic amines is 1. The van der Waals surface area contributed by atoms with Crippen molar-refractivity contribution in [3.8, 4) is 0 Å². The first-order valence-corrected chi connectivity index (χ1v) is 10.2. The minimum atomic E-state index is -3.62. The van der Waals surface area contributed by atoms with Crippen LogP contribution in [0.3, 0.4) is 0 Å². The van der Waals surface area contributed by atoms with E-state index in [1.54, 1.807) is 46.2 Å². The Hall–Kier alpha value is -2.72. The molecule has 10 heteroatoms. The summed E-state index contributed by atoms with van der Waals surface area (Å²) in [5, 5.41) is 4.04. The van der Waals surface area contributed by atoms with E-state index in [2.05, 4.69) is 15.1 Å². The maximum Gasteiger partial charge on any atom is 0.244 e. The lowest BCUT2D eigenvalue weighted by Crippen LogP contribution is -2.38. The van der Waals surface area contributed by atoms with Crippen LogP contribution < -0.4 is 0 Å². The molecule has 3 aromatic rings. The number of aromatic nitrogens is 4. The number of hydrogen-bond donors (Lipinski definition) is 1. The zero-order valence-corrected chi connectivity index (χ0v) is 15.5. The quantitative estimate of drug-likeness (QED) is 0.708. The number of nitrogens with zero attached hydrogens (tertiary/aromatic N) is 5. The molecule has 1 fully saturated rings. The van der Waals surface area contributed by atoms with Crippen LogP contribution in [0.25, 0.3) is 11.0 Å². The Labute approximate surface area is 156 Å². The third-order valence-corrected chi connectivity index (χ3v) is 6.59. The number of rotatable bonds is 4. The van der Waals surface area contributed by atoms with E-state index < -0.39 is 10.0 Å². The van der Waals surface area contributed by atoms with Gasteiger partial charge in [0.1, 0.15) is 6.54 Å². The van der Waals surface area contributed by atoms with Crippen molar-refractivity contribution in [3.63, 3.8) is 0 Å². The number of carbonyl (C=O) groups excluding carboxylic acids is 1. The summed E-state index contributed by atoms with van der Waals surface area (Å²) in [4.78, 5) is 21.4. The van der Waals surface area contributed by atoms with Gasteiger partial charge in [0.25, 0.3) is 0 Å². The molecule has 9 nitrogen and oxygen atoms in total. The molecule has 2 aromatic heterocycles. The zero-order chi connectivity index (χ0) is 18.9. The lowest BCUT2D eigenvalue weighted by atomic mass is 10.3. The molecule has 142 valence electrons. The van der Waals surface area contributed by atoms with E-state index in [4.69, 9.17) is 0 Å². The second-order valence-corrected chi connectivity index (χ2v) is 8.36. The summed E-state index contributed by atoms with van der Waals surface area (Å²) in [6, 6.07) is 6.63. The SMILES string of the molecule is O=C(Cn1cccn1)N1CCCN(S(=O)(=O)c2ccc3nc[nH]c3c2)CC1. The Kier molecular flexibility index (Phi) is 4.66. The third kappa shape index (κ3) is 3.58. The second kappa shape index (κ2) is 7.12. The molecular weight excluding hydrogens is 368 g/mol. The molecule has 1 N–H and O–H groups in total. The van der Waals surface area contributed by atoms with Crippen molar-refractivity contribution >= 4 is 27.0 Å². The molecule has 1 aliphatic rings. The van der Waals surface area contributed by atoms with Gasteiger partial charge < -0.3 is 9.88 Å². The first-order valence-electron chi connectivity index (χ1n) is 8.72. The van der Waals surface area contributed by atoms with Gasteiger partial charge in [-0.3, -0.25) is 9.48 Å². The molecule has 0 bridgehead atoms. The molecule has 0 atom stereocenters. The van der Waals surface area contributed by atoms with Crippen molar-refractivity contribution in [2.45, 2.75) is 17.9 Å². The first-order chi connectivity index (χ1) is 13.0. The number of hydrogen-bond acceptors (Lipinski definition) is 5. The Bertz CT molecular complexity index is 1040. The van der Waals surface area contributed by atoms with E-state index in [0.29, 0.717) is 31.6 Å². The van der Waals surface area contributed by atoms with Gasteiger partial charge >= 0.3 is 0 Å². The fraction of sp³-hybridized carbons (Fsp3) is 0.353. The maximum absolute atomic E-state index is 13.0. The van der Waals surface area contributed by atoms with Gasteiger partial charge in [-0.15, -0.1) is 0 Å². The Balaban J connectivity index is 1.47. The summed E-state index contributed by atoms with van der Waals surface area (Å²) in [7, 11) is -3.62. The highest BCUT2D eigenvalue weighted by atomic mass is 32.2. The molecule has 1 amide bonds. The van der Waals surface area contributed by atoms with Crippen molar-refractivity contribution in [2.24, 2.45) is 0 Å². The van der Waals surface area contributed by atoms with E-state index >= 15 is 0 Å². The number of carbonyl (C=O) groups is 1. The van der Waals surface area contributed by atoms with Gasteiger partial charge in [0.2, 0.25) is 15.9 Å². The monoisotopic (exact) mass is 388 g/mol. The fourth-order valence-electron chi connectivity index (χ4n) is 3.24. The van der Waals surface area contributed by atoms with Crippen LogP contribution in [0.15, 0.2) is 47.9 Å². The van der Waals surface area contributed by atoms with Crippen molar-refractivity contribution in [1.29, 1.82) is 0 Å². The molecule has 1 saturated heterocycles. The Morgan fingerprint density at radius 1 is 1.19 bits per heavy atom. The largest absolute Gasteiger partial charge is 0.345 e. The number of sulfonamides is 1. The van der Waals surface area contributed by atoms with Crippen molar-refractivity contribution in [1.82, 2.24) is 29.0 Å². The van der Waals surface area contributed by atoms with Gasteiger partial charge in [-0.25, -0.2) is 13.4 Å². The van der Waals surface area contributed by atoms with Gasteiger partial charge in [0, 0.05) is 38.6 Å². The smallest absolute Gasteiger partial charge is 0.244 e. The summed E-state index contributed by atoms with van der Waals surface area (Å²) in [5.74, 6) is -0.0585. The minimum Gasteiger partial charge on any atom is -0.345 e. The van der Waals surface area contributed by atoms with Gasteiger partial charge in [0.15, 0.2) is 0 Å². The molecule has 0 saturated carbocycles. The lowest BCUT2D eigenvalue weighted by molar-refractivity contribution is -0.131. The lowest BCUT2D eigenvalue weighted by Gasteiger charge is -2.22. The molecule has 0 spiro atoms. The molecule has 1 aromatic carbocycles. The first kappa shape index (κ1) is 17.7. The Morgan fingerprint density at radius 3 is 2.89 bits per heavy atom. The number of H-pyrrole nitrogens is 1. The molecule has 3 heterocycles. The second-order valence-electron chi connectivity index (χ2n) is 6.42. The number of fused-ring (bicyclic) bond motifs is 1. The van der Waals surface area contributed by atoms with Gasteiger partial charge in [-0.05, 0) is 30.7 Å². The van der Waals surface area contributed by atoms with Crippen LogP contribution in [0.5, 0.6) is 0 Å². The van der Waals surface area contributed by atoms with Crippen molar-refractivity contribution in [2.75, 3.05) is 26.2 Å². The number of imidazole rings is 1. The van der Waals surface area contributed by atoms with E-state index in [0.717, 1.165) is 5.52 Å². The van der Waals surface area contributed by atoms with Gasteiger partial charge in [-0.1, -0.05) is 0 Å². The molecular formula is C17H20N6O3S. The van der Waals surface area contributed by atoms with E-state index in [1.165, 1.54) is 10.6 Å². The normalized spacial score (nSPS) is 16.5. The van der Waals surface area contributed by atoms with Crippen LogP contribution in [0, 0.1) is 0 Å². The van der Waals surface area contributed by atoms with E-state index in [1.807, 2.05) is 0 Å². The van der Waals surface area contributed by atoms with Crippen LogP contribution in [-0.4, -0.2) is 69.5 Å². The average Bonchev–Trinajstić information content (AvgIpc) is 3.27. The van der Waals surface area contributed by atoms with Gasteiger partial charge in [-0.2, -0.15) is 9.40 Å². The molecule has 0 unspecified atom stereocenters. The number of amides is 1. The Morgan fingerprint density at radius 2 is 2.07 bits per heavy atom. The van der Waals surface area contributed by atoms with Crippen LogP contribution >= 0.6 is 0 Å². The van der Waals surface area contributed by atoms with Crippen molar-refractivity contribution < 1.29 is 13.2 Å². The standard InChI is InChI=1S/C17H20N6O3S/c24-17(12-22-7-1-5-20-22)21-6-2-8-23(10-9-21)27(25,26)14-3-4-15-16(11-14)19-13-18-15/h1,3-5,7,11,13H,2,6,8-10,12H2,(H,18,19). The highest BCUT2D eigenvalue weighted by Gasteiger charge is 2.28. The molecule has 4 rings (SSSR count). The number of benzene rings is 1. The maximum atomic E-state index is 13.0. The highest BCUT2D eigenvalue weighted by Crippen LogP contribution is 2.21. The van der Waals surface area contributed by atoms with Crippen LogP contribution in [0.1, 0.15) is 6.42 Å². The van der Waals surface area contributed by atoms with E-state index in [-0.39, 0.29) is 23.9 Å². The number of nitrogens with one attached hydrogen (secondary N) is 1. The summed E-state index contributed by atoms with van der Waals surface area (Å²) < 4.78 is 29.0. The fourth-order valence-corrected chi connectivity index (χ4v) is 4.74. The van der Waals surface area contributed by atoms with E-state index in [9.17, 15) is 13.2 Å². The molecule has 27 heavy (non-hydrogen) atoms. The van der Waals surface area contributed by atoms with Gasteiger partial charge in [0.05, 0.1) is 22.3 Å². The molecule has 0 aliphatic carbocycles. The predicted molar refractivity (Wildman–Crippen MR) is 98.3 cm³/mol. The highest BCUT2D eigenvalue weighted by molar-refractivity contribution is 7.89. The van der Waals surface area contributed by atoms with Crippen LogP contribution in [0.4, 0.5) is 0 Å². The summed E-state index contributed by atoms with van der Waals surface area (Å²) >= 11 is 0. The zero-order valence-electron chi connectivity index (χ0n) is 14.7. The minimum absolute atomic E-state index is 0.0585. The molecule has 0 radical (unpaired) electrons. The summed E-state index contributed by atoms with van der Waals surface area (Å²) in [6.45, 7) is 1.72. The van der Waals surface area contributed by atoms with Crippen LogP contribution in [0.2, 0.25) is 0 Å². The predicted octanol–water partition coefficient (Wildman–Crippen LogP) is 0.683. The van der Waals surface area contributed by atoms with Crippen LogP contribution in [-0.2, 0) is 21.4 Å². The summed E-state index contributed by atoms with van der Waals surface area (Å²) in [5.41, 5.74) is 1.40. The third-order valence-electron chi connectivity index (χ3n) is 4.69.